The van der Waals surface area contributed by atoms with Gasteiger partial charge in [0.1, 0.15) is 40.9 Å². The Bertz CT molecular complexity index is 1290. The van der Waals surface area contributed by atoms with Crippen LogP contribution in [0, 0.1) is 22.7 Å². The van der Waals surface area contributed by atoms with Gasteiger partial charge in [0.15, 0.2) is 0 Å². The molecular weight excluding hydrogens is 478 g/mol. The van der Waals surface area contributed by atoms with E-state index in [2.05, 4.69) is 31.8 Å². The molecule has 0 aromatic carbocycles. The molecule has 9 nitrogen and oxygen atoms in total. The topological polar surface area (TPSA) is 139 Å². The highest BCUT2D eigenvalue weighted by molar-refractivity contribution is 7.98. The lowest BCUT2D eigenvalue weighted by Crippen LogP contribution is -2.51. The predicted octanol–water partition coefficient (Wildman–Crippen LogP) is 2.72. The summed E-state index contributed by atoms with van der Waals surface area (Å²) in [7, 11) is 0. The molecule has 0 saturated carbocycles. The minimum absolute atomic E-state index is 0.0843. The molecular formula is C23H18F2N6O3S. The summed E-state index contributed by atoms with van der Waals surface area (Å²) in [5.74, 6) is 0.463. The SMILES string of the molecule is N#Cc1c(SCc2cccnc2)nc(N2CC(O)C2)c(C#N)c1-c1ccc(OC(F)(F)CO)cn1. The highest BCUT2D eigenvalue weighted by atomic mass is 32.2. The monoisotopic (exact) mass is 496 g/mol. The van der Waals surface area contributed by atoms with Gasteiger partial charge in [0.05, 0.1) is 23.6 Å². The Hall–Kier alpha value is -3.84. The quantitative estimate of drug-likeness (QED) is 0.448. The van der Waals surface area contributed by atoms with Gasteiger partial charge in [0.2, 0.25) is 0 Å². The first kappa shape index (κ1) is 24.3. The number of hydrogen-bond donors (Lipinski definition) is 2. The van der Waals surface area contributed by atoms with Crippen LogP contribution >= 0.6 is 11.8 Å². The van der Waals surface area contributed by atoms with Gasteiger partial charge >= 0.3 is 6.11 Å². The molecule has 0 aliphatic carbocycles. The average molecular weight is 496 g/mol. The van der Waals surface area contributed by atoms with Gasteiger partial charge < -0.3 is 19.8 Å². The standard InChI is InChI=1S/C23H18F2N6O3S/c24-23(25,13-32)34-16-3-4-19(29-9-16)20-17(6-26)21(31-10-15(33)11-31)30-22(18(20)7-27)35-12-14-2-1-5-28-8-14/h1-5,8-9,15,32-33H,10-13H2. The molecule has 0 spiro atoms. The highest BCUT2D eigenvalue weighted by Crippen LogP contribution is 2.39. The van der Waals surface area contributed by atoms with Crippen LogP contribution in [-0.2, 0) is 5.75 Å². The number of aromatic nitrogens is 3. The van der Waals surface area contributed by atoms with Gasteiger partial charge in [-0.1, -0.05) is 6.07 Å². The Labute approximate surface area is 203 Å². The van der Waals surface area contributed by atoms with Crippen molar-refractivity contribution in [1.82, 2.24) is 15.0 Å². The van der Waals surface area contributed by atoms with Crippen molar-refractivity contribution in [3.8, 4) is 29.1 Å². The van der Waals surface area contributed by atoms with Crippen molar-refractivity contribution in [3.63, 3.8) is 0 Å². The van der Waals surface area contributed by atoms with Crippen LogP contribution in [0.25, 0.3) is 11.3 Å². The summed E-state index contributed by atoms with van der Waals surface area (Å²) < 4.78 is 31.2. The fourth-order valence-corrected chi connectivity index (χ4v) is 4.32. The smallest absolute Gasteiger partial charge is 0.421 e. The van der Waals surface area contributed by atoms with E-state index in [0.717, 1.165) is 11.8 Å². The zero-order valence-electron chi connectivity index (χ0n) is 18.1. The second kappa shape index (κ2) is 10.2. The molecule has 1 aliphatic heterocycles. The zero-order valence-corrected chi connectivity index (χ0v) is 18.9. The fraction of sp³-hybridized carbons (Fsp3) is 0.261. The van der Waals surface area contributed by atoms with Crippen molar-refractivity contribution >= 4 is 17.6 Å². The first-order valence-corrected chi connectivity index (χ1v) is 11.3. The van der Waals surface area contributed by atoms with Crippen molar-refractivity contribution in [2.45, 2.75) is 23.0 Å². The van der Waals surface area contributed by atoms with Crippen LogP contribution in [-0.4, -0.2) is 57.1 Å². The minimum Gasteiger partial charge on any atom is -0.429 e. The van der Waals surface area contributed by atoms with Gasteiger partial charge in [0.25, 0.3) is 0 Å². The van der Waals surface area contributed by atoms with Crippen LogP contribution in [0.1, 0.15) is 16.7 Å². The molecule has 35 heavy (non-hydrogen) atoms. The number of hydrogen-bond acceptors (Lipinski definition) is 10. The lowest BCUT2D eigenvalue weighted by atomic mass is 9.99. The van der Waals surface area contributed by atoms with E-state index in [9.17, 15) is 24.4 Å². The lowest BCUT2D eigenvalue weighted by molar-refractivity contribution is -0.201. The van der Waals surface area contributed by atoms with Gasteiger partial charge in [-0.15, -0.1) is 11.8 Å². The molecule has 1 saturated heterocycles. The van der Waals surface area contributed by atoms with Crippen molar-refractivity contribution in [2.75, 3.05) is 24.6 Å². The Kier molecular flexibility index (Phi) is 7.07. The first-order chi connectivity index (χ1) is 16.8. The summed E-state index contributed by atoms with van der Waals surface area (Å²) in [6, 6.07) is 10.4. The third-order valence-corrected chi connectivity index (χ3v) is 6.12. The second-order valence-corrected chi connectivity index (χ2v) is 8.54. The number of ether oxygens (including phenoxy) is 1. The molecule has 2 N–H and O–H groups in total. The van der Waals surface area contributed by atoms with E-state index in [1.54, 1.807) is 23.4 Å². The highest BCUT2D eigenvalue weighted by Gasteiger charge is 2.33. The molecule has 0 unspecified atom stereocenters. The summed E-state index contributed by atoms with van der Waals surface area (Å²) >= 11 is 1.28. The molecule has 0 radical (unpaired) electrons. The Morgan fingerprint density at radius 1 is 1.17 bits per heavy atom. The Morgan fingerprint density at radius 2 is 1.94 bits per heavy atom. The molecule has 1 aliphatic rings. The van der Waals surface area contributed by atoms with Crippen LogP contribution in [0.2, 0.25) is 0 Å². The van der Waals surface area contributed by atoms with E-state index in [0.29, 0.717) is 16.6 Å². The Morgan fingerprint density at radius 3 is 2.51 bits per heavy atom. The van der Waals surface area contributed by atoms with Gasteiger partial charge in [0, 0.05) is 36.8 Å². The number of alkyl halides is 2. The number of β-amino-alcohol motifs (C(OH)–C–C–N with tert-alkyl or cyclic N) is 1. The summed E-state index contributed by atoms with van der Waals surface area (Å²) in [5, 5.41) is 38.8. The number of aliphatic hydroxyl groups excluding tert-OH is 2. The number of rotatable bonds is 8. The third kappa shape index (κ3) is 5.30. The molecule has 1 fully saturated rings. The van der Waals surface area contributed by atoms with E-state index in [1.807, 2.05) is 6.07 Å². The number of nitrogens with zero attached hydrogens (tertiary/aromatic N) is 6. The molecule has 0 atom stereocenters. The van der Waals surface area contributed by atoms with Crippen LogP contribution in [0.5, 0.6) is 5.75 Å². The van der Waals surface area contributed by atoms with Crippen LogP contribution in [0.3, 0.4) is 0 Å². The largest absolute Gasteiger partial charge is 0.429 e. The number of thioether (sulfide) groups is 1. The molecule has 4 rings (SSSR count). The van der Waals surface area contributed by atoms with Crippen molar-refractivity contribution in [2.24, 2.45) is 0 Å². The van der Waals surface area contributed by atoms with Gasteiger partial charge in [-0.2, -0.15) is 19.3 Å². The van der Waals surface area contributed by atoms with Gasteiger partial charge in [-0.25, -0.2) is 4.98 Å². The number of anilines is 1. The second-order valence-electron chi connectivity index (χ2n) is 7.57. The maximum Gasteiger partial charge on any atom is 0.421 e. The minimum atomic E-state index is -3.78. The van der Waals surface area contributed by atoms with E-state index in [4.69, 9.17) is 5.11 Å². The lowest BCUT2D eigenvalue weighted by Gasteiger charge is -2.37. The van der Waals surface area contributed by atoms with Crippen LogP contribution in [0.15, 0.2) is 47.9 Å². The van der Waals surface area contributed by atoms with Crippen LogP contribution in [0.4, 0.5) is 14.6 Å². The number of aliphatic hydroxyl groups is 2. The molecule has 4 heterocycles. The first-order valence-electron chi connectivity index (χ1n) is 10.3. The summed E-state index contributed by atoms with van der Waals surface area (Å²) in [6.45, 7) is -0.953. The number of nitriles is 2. The molecule has 0 amide bonds. The van der Waals surface area contributed by atoms with Crippen molar-refractivity contribution in [1.29, 1.82) is 10.5 Å². The van der Waals surface area contributed by atoms with Gasteiger partial charge in [-0.3, -0.25) is 9.97 Å². The summed E-state index contributed by atoms with van der Waals surface area (Å²) in [5.41, 5.74) is 1.49. The molecule has 178 valence electrons. The fourth-order valence-electron chi connectivity index (χ4n) is 3.41. The van der Waals surface area contributed by atoms with E-state index < -0.39 is 18.8 Å². The van der Waals surface area contributed by atoms with E-state index in [1.165, 1.54) is 23.9 Å². The molecule has 12 heteroatoms. The molecule has 3 aromatic rings. The van der Waals surface area contributed by atoms with E-state index >= 15 is 0 Å². The molecule has 3 aromatic heterocycles. The predicted molar refractivity (Wildman–Crippen MR) is 122 cm³/mol. The van der Waals surface area contributed by atoms with Crippen LogP contribution < -0.4 is 9.64 Å². The number of halogens is 2. The number of pyridine rings is 3. The van der Waals surface area contributed by atoms with Crippen molar-refractivity contribution < 1.29 is 23.7 Å². The maximum atomic E-state index is 13.4. The summed E-state index contributed by atoms with van der Waals surface area (Å²) in [6.07, 6.45) is 0.0274. The summed E-state index contributed by atoms with van der Waals surface area (Å²) in [4.78, 5) is 14.5. The average Bonchev–Trinajstić information content (AvgIpc) is 2.85. The normalized spacial score (nSPS) is 13.6. The zero-order chi connectivity index (χ0) is 25.0. The Balaban J connectivity index is 1.79. The maximum absolute atomic E-state index is 13.4. The van der Waals surface area contributed by atoms with Gasteiger partial charge in [-0.05, 0) is 23.8 Å². The third-order valence-electron chi connectivity index (χ3n) is 5.07. The van der Waals surface area contributed by atoms with E-state index in [-0.39, 0.29) is 41.2 Å². The van der Waals surface area contributed by atoms with Crippen molar-refractivity contribution in [3.05, 3.63) is 59.5 Å². The molecule has 0 bridgehead atoms.